The number of para-hydroxylation sites is 1. The molecule has 1 aromatic carbocycles. The Balaban J connectivity index is 2.19. The number of aliphatic hydroxyl groups excluding tert-OH is 1. The van der Waals surface area contributed by atoms with Gasteiger partial charge in [-0.1, -0.05) is 31.5 Å². The third-order valence-electron chi connectivity index (χ3n) is 6.69. The van der Waals surface area contributed by atoms with E-state index in [-0.39, 0.29) is 13.1 Å². The largest absolute Gasteiger partial charge is 0.493 e. The van der Waals surface area contributed by atoms with Crippen LogP contribution in [0.1, 0.15) is 31.4 Å². The highest BCUT2D eigenvalue weighted by atomic mass is 31.2. The van der Waals surface area contributed by atoms with Crippen molar-refractivity contribution in [3.63, 3.8) is 0 Å². The summed E-state index contributed by atoms with van der Waals surface area (Å²) in [7, 11) is -2.96. The SMILES string of the molecule is CCCCOc1ccccc1C(O)CN1CCN(CC=O)CCN(CP(=O)(O)O)CCN(CC(=O)OC)CC1. The van der Waals surface area contributed by atoms with Gasteiger partial charge < -0.3 is 29.2 Å². The Morgan fingerprint density at radius 2 is 1.59 bits per heavy atom. The molecule has 1 atom stereocenters. The summed E-state index contributed by atoms with van der Waals surface area (Å²) in [6.07, 6.45) is 1.55. The number of methoxy groups -OCH3 is 1. The predicted octanol–water partition coefficient (Wildman–Crippen LogP) is 0.628. The van der Waals surface area contributed by atoms with Crippen molar-refractivity contribution in [3.05, 3.63) is 29.8 Å². The number of benzene rings is 1. The first-order valence-electron chi connectivity index (χ1n) is 13.5. The van der Waals surface area contributed by atoms with Crippen LogP contribution in [-0.2, 0) is 18.9 Å². The first-order valence-corrected chi connectivity index (χ1v) is 15.3. The van der Waals surface area contributed by atoms with Crippen molar-refractivity contribution in [2.45, 2.75) is 25.9 Å². The molecule has 0 saturated carbocycles. The van der Waals surface area contributed by atoms with Gasteiger partial charge in [-0.25, -0.2) is 0 Å². The quantitative estimate of drug-likeness (QED) is 0.132. The number of β-amino-alcohol motifs (C(OH)–C–C–N with tert-alkyl or cyclic N) is 1. The molecule has 0 amide bonds. The minimum atomic E-state index is -4.29. The van der Waals surface area contributed by atoms with Crippen molar-refractivity contribution in [1.82, 2.24) is 19.6 Å². The number of aliphatic hydroxyl groups is 1. The Bertz CT molecular complexity index is 918. The van der Waals surface area contributed by atoms with Crippen LogP contribution in [0.25, 0.3) is 0 Å². The minimum Gasteiger partial charge on any atom is -0.493 e. The molecule has 1 heterocycles. The van der Waals surface area contributed by atoms with Crippen molar-refractivity contribution in [1.29, 1.82) is 0 Å². The minimum absolute atomic E-state index is 0.0437. The Morgan fingerprint density at radius 3 is 2.18 bits per heavy atom. The molecule has 1 fully saturated rings. The Labute approximate surface area is 231 Å². The molecule has 222 valence electrons. The van der Waals surface area contributed by atoms with E-state index in [0.717, 1.165) is 19.1 Å². The summed E-state index contributed by atoms with van der Waals surface area (Å²) in [4.78, 5) is 50.1. The molecule has 3 N–H and O–H groups in total. The second-order valence-corrected chi connectivity index (χ2v) is 11.4. The van der Waals surface area contributed by atoms with E-state index in [1.807, 2.05) is 34.1 Å². The molecule has 1 aromatic rings. The number of unbranched alkanes of at least 4 members (excludes halogenated alkanes) is 1. The average Bonchev–Trinajstić information content (AvgIpc) is 2.89. The molecule has 0 radical (unpaired) electrons. The lowest BCUT2D eigenvalue weighted by Crippen LogP contribution is -2.48. The van der Waals surface area contributed by atoms with Crippen LogP contribution in [0, 0.1) is 0 Å². The normalized spacial score (nSPS) is 18.6. The van der Waals surface area contributed by atoms with E-state index in [4.69, 9.17) is 9.47 Å². The molecule has 2 rings (SSSR count). The summed E-state index contributed by atoms with van der Waals surface area (Å²) in [5.41, 5.74) is 0.712. The number of aldehydes is 1. The van der Waals surface area contributed by atoms with Crippen LogP contribution in [0.5, 0.6) is 5.75 Å². The van der Waals surface area contributed by atoms with Crippen LogP contribution in [0.3, 0.4) is 0 Å². The fraction of sp³-hybridized carbons (Fsp3) is 0.692. The molecule has 1 aliphatic rings. The molecule has 0 spiro atoms. The van der Waals surface area contributed by atoms with Crippen molar-refractivity contribution in [2.24, 2.45) is 0 Å². The second kappa shape index (κ2) is 17.7. The average molecular weight is 573 g/mol. The van der Waals surface area contributed by atoms with E-state index >= 15 is 0 Å². The zero-order valence-corrected chi connectivity index (χ0v) is 24.1. The second-order valence-electron chi connectivity index (χ2n) is 9.80. The number of nitrogens with zero attached hydrogens (tertiary/aromatic N) is 4. The third-order valence-corrected chi connectivity index (χ3v) is 7.46. The first-order chi connectivity index (χ1) is 18.6. The van der Waals surface area contributed by atoms with Crippen LogP contribution in [0.2, 0.25) is 0 Å². The molecule has 0 aliphatic carbocycles. The number of esters is 1. The van der Waals surface area contributed by atoms with Crippen molar-refractivity contribution < 1.29 is 38.5 Å². The van der Waals surface area contributed by atoms with Gasteiger partial charge in [-0.3, -0.25) is 29.0 Å². The molecular formula is C26H45N4O8P. The van der Waals surface area contributed by atoms with E-state index in [1.165, 1.54) is 7.11 Å². The number of hydrogen-bond acceptors (Lipinski definition) is 10. The van der Waals surface area contributed by atoms with Crippen molar-refractivity contribution >= 4 is 19.9 Å². The summed E-state index contributed by atoms with van der Waals surface area (Å²) < 4.78 is 22.5. The number of carbonyl (C=O) groups is 2. The highest BCUT2D eigenvalue weighted by molar-refractivity contribution is 7.51. The Kier molecular flexibility index (Phi) is 15.1. The van der Waals surface area contributed by atoms with Gasteiger partial charge in [0, 0.05) is 64.5 Å². The van der Waals surface area contributed by atoms with Gasteiger partial charge in [0.1, 0.15) is 18.3 Å². The number of carbonyl (C=O) groups excluding carboxylic acids is 2. The molecule has 1 aliphatic heterocycles. The van der Waals surface area contributed by atoms with Gasteiger partial charge in [0.05, 0.1) is 32.9 Å². The molecule has 13 heteroatoms. The first kappa shape index (κ1) is 33.3. The van der Waals surface area contributed by atoms with Gasteiger partial charge in [0.2, 0.25) is 0 Å². The fourth-order valence-corrected chi connectivity index (χ4v) is 5.22. The van der Waals surface area contributed by atoms with Gasteiger partial charge in [-0.2, -0.15) is 0 Å². The summed E-state index contributed by atoms with van der Waals surface area (Å²) in [5, 5.41) is 11.2. The molecule has 0 aromatic heterocycles. The van der Waals surface area contributed by atoms with Crippen LogP contribution in [-0.4, -0.2) is 139 Å². The lowest BCUT2D eigenvalue weighted by atomic mass is 10.1. The monoisotopic (exact) mass is 572 g/mol. The van der Waals surface area contributed by atoms with Crippen LogP contribution in [0.4, 0.5) is 0 Å². The van der Waals surface area contributed by atoms with E-state index in [2.05, 4.69) is 11.8 Å². The zero-order valence-electron chi connectivity index (χ0n) is 23.2. The van der Waals surface area contributed by atoms with E-state index in [0.29, 0.717) is 76.8 Å². The smallest absolute Gasteiger partial charge is 0.339 e. The molecule has 1 saturated heterocycles. The summed E-state index contributed by atoms with van der Waals surface area (Å²) >= 11 is 0. The van der Waals surface area contributed by atoms with E-state index in [9.17, 15) is 29.0 Å². The molecule has 0 bridgehead atoms. The topological polar surface area (TPSA) is 143 Å². The summed E-state index contributed by atoms with van der Waals surface area (Å²) in [5.74, 6) is 0.262. The van der Waals surface area contributed by atoms with Crippen LogP contribution in [0.15, 0.2) is 24.3 Å². The van der Waals surface area contributed by atoms with Crippen molar-refractivity contribution in [2.75, 3.05) is 92.0 Å². The number of hydrogen-bond donors (Lipinski definition) is 3. The fourth-order valence-electron chi connectivity index (χ4n) is 4.41. The number of rotatable bonds is 13. The maximum atomic E-state index is 12.1. The van der Waals surface area contributed by atoms with E-state index in [1.54, 1.807) is 4.90 Å². The van der Waals surface area contributed by atoms with Crippen LogP contribution >= 0.6 is 7.60 Å². The molecule has 1 unspecified atom stereocenters. The summed E-state index contributed by atoms with van der Waals surface area (Å²) in [6, 6.07) is 7.47. The van der Waals surface area contributed by atoms with Gasteiger partial charge in [-0.15, -0.1) is 0 Å². The van der Waals surface area contributed by atoms with Gasteiger partial charge in [0.25, 0.3) is 0 Å². The standard InChI is InChI=1S/C26H45N4O8P/c1-3-4-19-38-25-8-6-5-7-23(25)24(32)20-28-11-9-27(17-18-31)10-15-30(22-39(34,35)36)16-14-29(13-12-28)21-26(33)37-2/h5-8,18,24,32H,3-4,9-17,19-22H2,1-2H3,(H2,34,35,36). The maximum Gasteiger partial charge on any atom is 0.339 e. The van der Waals surface area contributed by atoms with Gasteiger partial charge in [-0.05, 0) is 12.5 Å². The highest BCUT2D eigenvalue weighted by Crippen LogP contribution is 2.35. The van der Waals surface area contributed by atoms with Gasteiger partial charge >= 0.3 is 13.6 Å². The molecule has 12 nitrogen and oxygen atoms in total. The summed E-state index contributed by atoms with van der Waals surface area (Å²) in [6.45, 7) is 6.86. The lowest BCUT2D eigenvalue weighted by molar-refractivity contribution is -0.142. The van der Waals surface area contributed by atoms with E-state index < -0.39 is 26.0 Å². The zero-order chi connectivity index (χ0) is 28.7. The Hall–Kier alpha value is -1.89. The van der Waals surface area contributed by atoms with Gasteiger partial charge in [0.15, 0.2) is 0 Å². The highest BCUT2D eigenvalue weighted by Gasteiger charge is 2.24. The maximum absolute atomic E-state index is 12.1. The predicted molar refractivity (Wildman–Crippen MR) is 148 cm³/mol. The molecular weight excluding hydrogens is 527 g/mol. The van der Waals surface area contributed by atoms with Crippen molar-refractivity contribution in [3.8, 4) is 5.75 Å². The molecule has 39 heavy (non-hydrogen) atoms. The number of ether oxygens (including phenoxy) is 2. The third kappa shape index (κ3) is 13.3. The van der Waals surface area contributed by atoms with Crippen LogP contribution < -0.4 is 4.74 Å². The lowest BCUT2D eigenvalue weighted by Gasteiger charge is -2.34. The Morgan fingerprint density at radius 1 is 1.00 bits per heavy atom.